The van der Waals surface area contributed by atoms with E-state index in [1.165, 1.54) is 12.8 Å². The average molecular weight is 260 g/mol. The zero-order valence-corrected chi connectivity index (χ0v) is 11.2. The second kappa shape index (κ2) is 4.81. The number of nitrogens with zero attached hydrogens (tertiary/aromatic N) is 2. The second-order valence-electron chi connectivity index (χ2n) is 5.59. The van der Waals surface area contributed by atoms with Gasteiger partial charge in [-0.15, -0.1) is 0 Å². The number of carbonyl (C=O) groups is 1. The minimum atomic E-state index is -0.388. The number of primary amides is 1. The normalized spacial score (nSPS) is 26.3. The van der Waals surface area contributed by atoms with Crippen molar-refractivity contribution in [3.05, 3.63) is 23.4 Å². The van der Waals surface area contributed by atoms with Gasteiger partial charge in [0.05, 0.1) is 0 Å². The van der Waals surface area contributed by atoms with Crippen molar-refractivity contribution in [3.8, 4) is 0 Å². The van der Waals surface area contributed by atoms with Crippen LogP contribution in [0, 0.1) is 12.8 Å². The maximum Gasteiger partial charge on any atom is 0.248 e. The van der Waals surface area contributed by atoms with E-state index in [4.69, 9.17) is 5.73 Å². The number of carbonyl (C=O) groups excluding carboxylic acids is 1. The lowest BCUT2D eigenvalue weighted by Gasteiger charge is -2.24. The van der Waals surface area contributed by atoms with E-state index < -0.39 is 0 Å². The fourth-order valence-electron chi connectivity index (χ4n) is 3.19. The van der Waals surface area contributed by atoms with Crippen molar-refractivity contribution < 1.29 is 4.79 Å². The smallest absolute Gasteiger partial charge is 0.248 e. The molecule has 2 atom stereocenters. The predicted molar refractivity (Wildman–Crippen MR) is 74.2 cm³/mol. The first-order chi connectivity index (χ1) is 9.13. The molecule has 0 aliphatic carbocycles. The van der Waals surface area contributed by atoms with Gasteiger partial charge in [0.2, 0.25) is 5.91 Å². The molecule has 19 heavy (non-hydrogen) atoms. The van der Waals surface area contributed by atoms with Crippen LogP contribution in [0.1, 0.15) is 28.9 Å². The van der Waals surface area contributed by atoms with Gasteiger partial charge in [-0.3, -0.25) is 4.79 Å². The number of aryl methyl sites for hydroxylation is 1. The van der Waals surface area contributed by atoms with Crippen molar-refractivity contribution in [3.63, 3.8) is 0 Å². The van der Waals surface area contributed by atoms with Crippen LogP contribution in [0.25, 0.3) is 0 Å². The third kappa shape index (κ3) is 2.42. The molecule has 2 fully saturated rings. The van der Waals surface area contributed by atoms with Gasteiger partial charge < -0.3 is 16.0 Å². The van der Waals surface area contributed by atoms with Gasteiger partial charge in [-0.05, 0) is 44.4 Å². The summed E-state index contributed by atoms with van der Waals surface area (Å²) in [6.07, 6.45) is 2.53. The zero-order valence-electron chi connectivity index (χ0n) is 11.2. The van der Waals surface area contributed by atoms with Gasteiger partial charge >= 0.3 is 0 Å². The molecular weight excluding hydrogens is 240 g/mol. The van der Waals surface area contributed by atoms with Crippen molar-refractivity contribution in [2.45, 2.75) is 25.8 Å². The summed E-state index contributed by atoms with van der Waals surface area (Å²) in [6.45, 7) is 5.01. The van der Waals surface area contributed by atoms with Crippen molar-refractivity contribution >= 4 is 11.7 Å². The van der Waals surface area contributed by atoms with E-state index >= 15 is 0 Å². The Balaban J connectivity index is 1.84. The molecular formula is C14H20N4O. The molecule has 1 aromatic heterocycles. The molecule has 5 heteroatoms. The summed E-state index contributed by atoms with van der Waals surface area (Å²) in [6, 6.07) is 4.12. The number of hydrogen-bond donors (Lipinski definition) is 2. The predicted octanol–water partition coefficient (Wildman–Crippen LogP) is 0.677. The molecule has 0 unspecified atom stereocenters. The molecule has 5 nitrogen and oxygen atoms in total. The van der Waals surface area contributed by atoms with Crippen LogP contribution >= 0.6 is 0 Å². The summed E-state index contributed by atoms with van der Waals surface area (Å²) in [5.74, 6) is 1.19. The van der Waals surface area contributed by atoms with Crippen LogP contribution in [0.2, 0.25) is 0 Å². The number of nitrogens with one attached hydrogen (secondary N) is 1. The molecule has 2 saturated heterocycles. The standard InChI is InChI=1S/C14H20N4O/c1-9-5-11(14(15)19)6-13(17-9)18-7-10-3-2-4-16-12(10)8-18/h5-6,10,12,16H,2-4,7-8H2,1H3,(H2,15,19)/t10-,12+/m0/s1. The fraction of sp³-hybridized carbons (Fsp3) is 0.571. The lowest BCUT2D eigenvalue weighted by atomic mass is 9.94. The van der Waals surface area contributed by atoms with E-state index in [9.17, 15) is 4.79 Å². The minimum absolute atomic E-state index is 0.388. The van der Waals surface area contributed by atoms with Crippen molar-refractivity contribution in [1.82, 2.24) is 10.3 Å². The van der Waals surface area contributed by atoms with E-state index in [2.05, 4.69) is 15.2 Å². The molecule has 1 aromatic rings. The monoisotopic (exact) mass is 260 g/mol. The van der Waals surface area contributed by atoms with Crippen LogP contribution in [-0.2, 0) is 0 Å². The number of piperidine rings is 1. The molecule has 0 spiro atoms. The second-order valence-corrected chi connectivity index (χ2v) is 5.59. The van der Waals surface area contributed by atoms with Crippen molar-refractivity contribution in [2.75, 3.05) is 24.5 Å². The van der Waals surface area contributed by atoms with Gasteiger partial charge in [0, 0.05) is 30.4 Å². The highest BCUT2D eigenvalue weighted by atomic mass is 16.1. The van der Waals surface area contributed by atoms with Crippen LogP contribution in [0.15, 0.2) is 12.1 Å². The summed E-state index contributed by atoms with van der Waals surface area (Å²) < 4.78 is 0. The van der Waals surface area contributed by atoms with Crippen LogP contribution in [0.5, 0.6) is 0 Å². The third-order valence-electron chi connectivity index (χ3n) is 4.15. The summed E-state index contributed by atoms with van der Waals surface area (Å²) in [5, 5.41) is 3.57. The number of aromatic nitrogens is 1. The molecule has 0 aromatic carbocycles. The molecule has 0 saturated carbocycles. The molecule has 3 N–H and O–H groups in total. The van der Waals surface area contributed by atoms with Crippen molar-refractivity contribution in [1.29, 1.82) is 0 Å². The quantitative estimate of drug-likeness (QED) is 0.820. The lowest BCUT2D eigenvalue weighted by molar-refractivity contribution is 0.1000. The topological polar surface area (TPSA) is 71.2 Å². The molecule has 0 bridgehead atoms. The van der Waals surface area contributed by atoms with Crippen LogP contribution in [0.4, 0.5) is 5.82 Å². The largest absolute Gasteiger partial charge is 0.366 e. The highest BCUT2D eigenvalue weighted by Crippen LogP contribution is 2.28. The summed E-state index contributed by atoms with van der Waals surface area (Å²) in [7, 11) is 0. The first-order valence-corrected chi connectivity index (χ1v) is 6.90. The Morgan fingerprint density at radius 2 is 2.32 bits per heavy atom. The lowest BCUT2D eigenvalue weighted by Crippen LogP contribution is -2.40. The summed E-state index contributed by atoms with van der Waals surface area (Å²) in [4.78, 5) is 18.2. The summed E-state index contributed by atoms with van der Waals surface area (Å²) in [5.41, 5.74) is 6.76. The number of nitrogens with two attached hydrogens (primary N) is 1. The molecule has 102 valence electrons. The maximum atomic E-state index is 11.3. The molecule has 2 aliphatic heterocycles. The maximum absolute atomic E-state index is 11.3. The number of rotatable bonds is 2. The average Bonchev–Trinajstić information content (AvgIpc) is 2.81. The zero-order chi connectivity index (χ0) is 13.4. The first-order valence-electron chi connectivity index (χ1n) is 6.90. The van der Waals surface area contributed by atoms with Gasteiger partial charge in [-0.2, -0.15) is 0 Å². The van der Waals surface area contributed by atoms with Crippen LogP contribution in [-0.4, -0.2) is 36.6 Å². The van der Waals surface area contributed by atoms with Crippen LogP contribution in [0.3, 0.4) is 0 Å². The Morgan fingerprint density at radius 1 is 1.47 bits per heavy atom. The van der Waals surface area contributed by atoms with Gasteiger partial charge in [-0.1, -0.05) is 0 Å². The number of amides is 1. The van der Waals surface area contributed by atoms with Crippen molar-refractivity contribution in [2.24, 2.45) is 11.7 Å². The molecule has 3 heterocycles. The highest BCUT2D eigenvalue weighted by Gasteiger charge is 2.34. The highest BCUT2D eigenvalue weighted by molar-refractivity contribution is 5.93. The SMILES string of the molecule is Cc1cc(C(N)=O)cc(N2C[C@@H]3CCCN[C@@H]3C2)n1. The molecule has 2 aliphatic rings. The Kier molecular flexibility index (Phi) is 3.14. The van der Waals surface area contributed by atoms with Gasteiger partial charge in [0.25, 0.3) is 0 Å². The Morgan fingerprint density at radius 3 is 3.05 bits per heavy atom. The van der Waals surface area contributed by atoms with E-state index in [1.54, 1.807) is 6.07 Å². The van der Waals surface area contributed by atoms with E-state index in [0.717, 1.165) is 31.1 Å². The number of hydrogen-bond acceptors (Lipinski definition) is 4. The van der Waals surface area contributed by atoms with Gasteiger partial charge in [0.1, 0.15) is 5.82 Å². The van der Waals surface area contributed by atoms with E-state index in [0.29, 0.717) is 17.5 Å². The van der Waals surface area contributed by atoms with Gasteiger partial charge in [-0.25, -0.2) is 4.98 Å². The Labute approximate surface area is 113 Å². The van der Waals surface area contributed by atoms with Gasteiger partial charge in [0.15, 0.2) is 0 Å². The number of anilines is 1. The summed E-state index contributed by atoms with van der Waals surface area (Å²) >= 11 is 0. The third-order valence-corrected chi connectivity index (χ3v) is 4.15. The molecule has 0 radical (unpaired) electrons. The number of fused-ring (bicyclic) bond motifs is 1. The molecule has 3 rings (SSSR count). The van der Waals surface area contributed by atoms with E-state index in [1.807, 2.05) is 13.0 Å². The van der Waals surface area contributed by atoms with E-state index in [-0.39, 0.29) is 5.91 Å². The Hall–Kier alpha value is -1.62. The molecule has 1 amide bonds. The minimum Gasteiger partial charge on any atom is -0.366 e. The first kappa shape index (κ1) is 12.4. The number of pyridine rings is 1. The Bertz CT molecular complexity index is 488. The van der Waals surface area contributed by atoms with Crippen LogP contribution < -0.4 is 16.0 Å². The fourth-order valence-corrected chi connectivity index (χ4v) is 3.19.